The van der Waals surface area contributed by atoms with Crippen LogP contribution in [0.25, 0.3) is 0 Å². The molecule has 1 aliphatic heterocycles. The van der Waals surface area contributed by atoms with Gasteiger partial charge in [-0.15, -0.1) is 0 Å². The molecule has 1 heterocycles. The van der Waals surface area contributed by atoms with Crippen LogP contribution in [-0.4, -0.2) is 31.2 Å². The first-order valence-electron chi connectivity index (χ1n) is 7.13. The first-order chi connectivity index (χ1) is 10.3. The zero-order chi connectivity index (χ0) is 16.2. The lowest BCUT2D eigenvalue weighted by Crippen LogP contribution is -2.57. The van der Waals surface area contributed by atoms with Crippen LogP contribution in [0.4, 0.5) is 13.2 Å². The van der Waals surface area contributed by atoms with Crippen molar-refractivity contribution in [2.75, 3.05) is 19.8 Å². The predicted molar refractivity (Wildman–Crippen MR) is 75.1 cm³/mol. The average Bonchev–Trinajstić information content (AvgIpc) is 2.47. The van der Waals surface area contributed by atoms with E-state index in [1.54, 1.807) is 6.07 Å². The van der Waals surface area contributed by atoms with Crippen LogP contribution in [0.3, 0.4) is 0 Å². The molecule has 1 fully saturated rings. The fourth-order valence-electron chi connectivity index (χ4n) is 2.46. The Morgan fingerprint density at radius 2 is 1.91 bits per heavy atom. The molecule has 1 aliphatic rings. The van der Waals surface area contributed by atoms with Gasteiger partial charge in [-0.2, -0.15) is 13.2 Å². The topological polar surface area (TPSA) is 64.4 Å². The zero-order valence-corrected chi connectivity index (χ0v) is 12.1. The molecule has 0 saturated carbocycles. The smallest absolute Gasteiger partial charge is 0.381 e. The van der Waals surface area contributed by atoms with E-state index in [0.717, 1.165) is 6.07 Å². The molecule has 1 aromatic rings. The third kappa shape index (κ3) is 3.98. The minimum Gasteiger partial charge on any atom is -0.381 e. The summed E-state index contributed by atoms with van der Waals surface area (Å²) < 4.78 is 43.8. The maximum Gasteiger partial charge on any atom is 0.416 e. The lowest BCUT2D eigenvalue weighted by Gasteiger charge is -2.31. The van der Waals surface area contributed by atoms with E-state index in [4.69, 9.17) is 10.5 Å². The largest absolute Gasteiger partial charge is 0.416 e. The quantitative estimate of drug-likeness (QED) is 0.891. The summed E-state index contributed by atoms with van der Waals surface area (Å²) in [7, 11) is 0. The van der Waals surface area contributed by atoms with E-state index in [1.165, 1.54) is 12.1 Å². The van der Waals surface area contributed by atoms with Crippen LogP contribution >= 0.6 is 0 Å². The maximum absolute atomic E-state index is 12.9. The minimum absolute atomic E-state index is 0.105. The number of amides is 1. The van der Waals surface area contributed by atoms with Crippen LogP contribution in [-0.2, 0) is 22.1 Å². The van der Waals surface area contributed by atoms with Crippen molar-refractivity contribution in [3.8, 4) is 0 Å². The summed E-state index contributed by atoms with van der Waals surface area (Å²) in [6, 6.07) is 5.36. The lowest BCUT2D eigenvalue weighted by atomic mass is 9.90. The number of hydrogen-bond acceptors (Lipinski definition) is 3. The van der Waals surface area contributed by atoms with Crippen LogP contribution in [0.2, 0.25) is 0 Å². The molecule has 22 heavy (non-hydrogen) atoms. The highest BCUT2D eigenvalue weighted by molar-refractivity contribution is 5.86. The fourth-order valence-corrected chi connectivity index (χ4v) is 2.46. The van der Waals surface area contributed by atoms with Gasteiger partial charge in [0.15, 0.2) is 0 Å². The highest BCUT2D eigenvalue weighted by Gasteiger charge is 2.36. The highest BCUT2D eigenvalue weighted by atomic mass is 19.4. The molecule has 0 aliphatic carbocycles. The van der Waals surface area contributed by atoms with Crippen LogP contribution < -0.4 is 11.1 Å². The summed E-state index contributed by atoms with van der Waals surface area (Å²) in [5.41, 5.74) is 4.52. The van der Waals surface area contributed by atoms with Crippen LogP contribution in [0.15, 0.2) is 24.3 Å². The Labute approximate surface area is 126 Å². The lowest BCUT2D eigenvalue weighted by molar-refractivity contribution is -0.138. The molecule has 0 unspecified atom stereocenters. The number of alkyl halides is 3. The molecule has 122 valence electrons. The second-order valence-electron chi connectivity index (χ2n) is 5.43. The molecule has 0 atom stereocenters. The summed E-state index contributed by atoms with van der Waals surface area (Å²) in [4.78, 5) is 12.1. The van der Waals surface area contributed by atoms with Gasteiger partial charge in [0.25, 0.3) is 0 Å². The van der Waals surface area contributed by atoms with Gasteiger partial charge in [-0.25, -0.2) is 0 Å². The Morgan fingerprint density at radius 3 is 2.55 bits per heavy atom. The van der Waals surface area contributed by atoms with E-state index in [0.29, 0.717) is 26.1 Å². The molecule has 0 radical (unpaired) electrons. The van der Waals surface area contributed by atoms with Crippen LogP contribution in [0.5, 0.6) is 0 Å². The number of halogens is 3. The standard InChI is InChI=1S/C15H19F3N2O2/c16-15(17,18)12-4-2-1-3-11(12)5-8-20-13(21)14(19)6-9-22-10-7-14/h1-4H,5-10,19H2,(H,20,21). The molecule has 4 nitrogen and oxygen atoms in total. The molecule has 3 N–H and O–H groups in total. The van der Waals surface area contributed by atoms with Crippen molar-refractivity contribution < 1.29 is 22.7 Å². The number of nitrogens with two attached hydrogens (primary N) is 1. The van der Waals surface area contributed by atoms with E-state index in [2.05, 4.69) is 5.32 Å². The zero-order valence-electron chi connectivity index (χ0n) is 12.1. The Bertz CT molecular complexity index is 526. The number of hydrogen-bond donors (Lipinski definition) is 2. The number of benzene rings is 1. The normalized spacial score (nSPS) is 18.0. The maximum atomic E-state index is 12.9. The summed E-state index contributed by atoms with van der Waals surface area (Å²) in [6.07, 6.45) is -3.46. The van der Waals surface area contributed by atoms with Crippen molar-refractivity contribution in [1.82, 2.24) is 5.32 Å². The van der Waals surface area contributed by atoms with E-state index >= 15 is 0 Å². The van der Waals surface area contributed by atoms with Gasteiger partial charge < -0.3 is 15.8 Å². The van der Waals surface area contributed by atoms with Crippen molar-refractivity contribution in [2.45, 2.75) is 31.0 Å². The SMILES string of the molecule is NC1(C(=O)NCCc2ccccc2C(F)(F)F)CCOCC1. The number of nitrogens with one attached hydrogen (secondary N) is 1. The van der Waals surface area contributed by atoms with Crippen molar-refractivity contribution in [3.63, 3.8) is 0 Å². The number of rotatable bonds is 4. The Balaban J connectivity index is 1.93. The molecule has 1 aromatic carbocycles. The third-order valence-corrected chi connectivity index (χ3v) is 3.84. The van der Waals surface area contributed by atoms with E-state index in [9.17, 15) is 18.0 Å². The van der Waals surface area contributed by atoms with Gasteiger partial charge in [0, 0.05) is 19.8 Å². The third-order valence-electron chi connectivity index (χ3n) is 3.84. The van der Waals surface area contributed by atoms with Crippen molar-refractivity contribution in [2.24, 2.45) is 5.73 Å². The van der Waals surface area contributed by atoms with E-state index in [1.807, 2.05) is 0 Å². The predicted octanol–water partition coefficient (Wildman–Crippen LogP) is 1.87. The fraction of sp³-hybridized carbons (Fsp3) is 0.533. The van der Waals surface area contributed by atoms with Crippen molar-refractivity contribution in [1.29, 1.82) is 0 Å². The highest BCUT2D eigenvalue weighted by Crippen LogP contribution is 2.31. The van der Waals surface area contributed by atoms with Gasteiger partial charge in [-0.3, -0.25) is 4.79 Å². The summed E-state index contributed by atoms with van der Waals surface area (Å²) in [5, 5.41) is 2.63. The summed E-state index contributed by atoms with van der Waals surface area (Å²) >= 11 is 0. The van der Waals surface area contributed by atoms with Gasteiger partial charge in [0.2, 0.25) is 5.91 Å². The Hall–Kier alpha value is -1.60. The average molecular weight is 316 g/mol. The van der Waals surface area contributed by atoms with Crippen molar-refractivity contribution in [3.05, 3.63) is 35.4 Å². The molecule has 1 saturated heterocycles. The first-order valence-corrected chi connectivity index (χ1v) is 7.13. The molecule has 0 spiro atoms. The van der Waals surface area contributed by atoms with Gasteiger partial charge in [-0.1, -0.05) is 18.2 Å². The van der Waals surface area contributed by atoms with Crippen molar-refractivity contribution >= 4 is 5.91 Å². The molecule has 7 heteroatoms. The molecule has 1 amide bonds. The van der Waals surface area contributed by atoms with Crippen LogP contribution in [0, 0.1) is 0 Å². The van der Waals surface area contributed by atoms with E-state index in [-0.39, 0.29) is 24.4 Å². The van der Waals surface area contributed by atoms with Gasteiger partial charge in [0.05, 0.1) is 11.1 Å². The Kier molecular flexibility index (Phi) is 5.08. The molecule has 0 aromatic heterocycles. The second kappa shape index (κ2) is 6.66. The molecule has 2 rings (SSSR count). The number of carbonyl (C=O) groups excluding carboxylic acids is 1. The van der Waals surface area contributed by atoms with Gasteiger partial charge >= 0.3 is 6.18 Å². The van der Waals surface area contributed by atoms with Gasteiger partial charge in [-0.05, 0) is 30.9 Å². The number of ether oxygens (including phenoxy) is 1. The monoisotopic (exact) mass is 316 g/mol. The minimum atomic E-state index is -4.39. The van der Waals surface area contributed by atoms with E-state index < -0.39 is 17.3 Å². The molecule has 0 bridgehead atoms. The van der Waals surface area contributed by atoms with Gasteiger partial charge in [0.1, 0.15) is 0 Å². The Morgan fingerprint density at radius 1 is 1.27 bits per heavy atom. The summed E-state index contributed by atoms with van der Waals surface area (Å²) in [5.74, 6) is -0.333. The number of carbonyl (C=O) groups is 1. The summed E-state index contributed by atoms with van der Waals surface area (Å²) in [6.45, 7) is 0.952. The molecular formula is C15H19F3N2O2. The second-order valence-corrected chi connectivity index (χ2v) is 5.43. The molecular weight excluding hydrogens is 297 g/mol. The first kappa shape index (κ1) is 16.8. The van der Waals surface area contributed by atoms with Crippen LogP contribution in [0.1, 0.15) is 24.0 Å².